The topological polar surface area (TPSA) is 20.3 Å². The minimum atomic E-state index is 0.188. The summed E-state index contributed by atoms with van der Waals surface area (Å²) in [4.78, 5) is 14.0. The molecule has 1 aliphatic heterocycles. The molecular formula is C13H17NOS. The lowest BCUT2D eigenvalue weighted by molar-refractivity contribution is 0.0793. The number of likely N-dealkylation sites (tertiary alicyclic amines) is 1. The van der Waals surface area contributed by atoms with Crippen LogP contribution in [-0.4, -0.2) is 30.2 Å². The highest BCUT2D eigenvalue weighted by Crippen LogP contribution is 2.15. The van der Waals surface area contributed by atoms with E-state index < -0.39 is 0 Å². The van der Waals surface area contributed by atoms with Crippen LogP contribution < -0.4 is 0 Å². The first-order valence-electron chi connectivity index (χ1n) is 5.68. The van der Waals surface area contributed by atoms with Crippen molar-refractivity contribution in [2.24, 2.45) is 0 Å². The van der Waals surface area contributed by atoms with Gasteiger partial charge < -0.3 is 4.90 Å². The van der Waals surface area contributed by atoms with Crippen LogP contribution >= 0.6 is 11.8 Å². The SMILES string of the molecule is CSCc1ccc(C(=O)N2CCCC2)cc1. The van der Waals surface area contributed by atoms with Crippen molar-refractivity contribution in [2.75, 3.05) is 19.3 Å². The predicted octanol–water partition coefficient (Wildman–Crippen LogP) is 2.79. The highest BCUT2D eigenvalue weighted by Gasteiger charge is 2.18. The molecule has 0 saturated carbocycles. The van der Waals surface area contributed by atoms with Gasteiger partial charge in [0.2, 0.25) is 0 Å². The van der Waals surface area contributed by atoms with Gasteiger partial charge in [0, 0.05) is 24.4 Å². The third-order valence-electron chi connectivity index (χ3n) is 2.91. The monoisotopic (exact) mass is 235 g/mol. The Morgan fingerprint density at radius 1 is 1.25 bits per heavy atom. The molecule has 0 radical (unpaired) electrons. The number of amides is 1. The Morgan fingerprint density at radius 3 is 2.44 bits per heavy atom. The summed E-state index contributed by atoms with van der Waals surface area (Å²) in [5.74, 6) is 1.20. The number of thioether (sulfide) groups is 1. The Labute approximate surface area is 101 Å². The van der Waals surface area contributed by atoms with Gasteiger partial charge in [-0.3, -0.25) is 4.79 Å². The van der Waals surface area contributed by atoms with Crippen LogP contribution in [0.2, 0.25) is 0 Å². The zero-order chi connectivity index (χ0) is 11.4. The van der Waals surface area contributed by atoms with Crippen molar-refractivity contribution in [2.45, 2.75) is 18.6 Å². The van der Waals surface area contributed by atoms with Gasteiger partial charge in [0.05, 0.1) is 0 Å². The molecule has 0 bridgehead atoms. The predicted molar refractivity (Wildman–Crippen MR) is 68.8 cm³/mol. The fourth-order valence-corrected chi connectivity index (χ4v) is 2.54. The lowest BCUT2D eigenvalue weighted by atomic mass is 10.1. The summed E-state index contributed by atoms with van der Waals surface area (Å²) in [6.45, 7) is 1.84. The third kappa shape index (κ3) is 2.59. The van der Waals surface area contributed by atoms with Crippen molar-refractivity contribution < 1.29 is 4.79 Å². The smallest absolute Gasteiger partial charge is 0.253 e. The van der Waals surface area contributed by atoms with Gasteiger partial charge in [-0.15, -0.1) is 0 Å². The summed E-state index contributed by atoms with van der Waals surface area (Å²) >= 11 is 1.80. The van der Waals surface area contributed by atoms with E-state index in [1.54, 1.807) is 11.8 Å². The number of carbonyl (C=O) groups is 1. The number of hydrogen-bond donors (Lipinski definition) is 0. The molecule has 0 N–H and O–H groups in total. The van der Waals surface area contributed by atoms with Gasteiger partial charge >= 0.3 is 0 Å². The standard InChI is InChI=1S/C13H17NOS/c1-16-10-11-4-6-12(7-5-11)13(15)14-8-2-3-9-14/h4-7H,2-3,8-10H2,1H3. The lowest BCUT2D eigenvalue weighted by Gasteiger charge is -2.15. The van der Waals surface area contributed by atoms with Crippen LogP contribution in [-0.2, 0) is 5.75 Å². The van der Waals surface area contributed by atoms with Crippen LogP contribution in [0.1, 0.15) is 28.8 Å². The number of benzene rings is 1. The first kappa shape index (κ1) is 11.5. The summed E-state index contributed by atoms with van der Waals surface area (Å²) in [5.41, 5.74) is 2.11. The fourth-order valence-electron chi connectivity index (χ4n) is 2.01. The van der Waals surface area contributed by atoms with E-state index in [2.05, 4.69) is 18.4 Å². The molecule has 86 valence electrons. The van der Waals surface area contributed by atoms with Crippen molar-refractivity contribution in [3.05, 3.63) is 35.4 Å². The first-order chi connectivity index (χ1) is 7.81. The Morgan fingerprint density at radius 2 is 1.88 bits per heavy atom. The molecule has 1 heterocycles. The van der Waals surface area contributed by atoms with Crippen LogP contribution in [0.25, 0.3) is 0 Å². The molecule has 0 unspecified atom stereocenters. The van der Waals surface area contributed by atoms with E-state index in [-0.39, 0.29) is 5.91 Å². The zero-order valence-corrected chi connectivity index (χ0v) is 10.4. The molecular weight excluding hydrogens is 218 g/mol. The van der Waals surface area contributed by atoms with E-state index in [9.17, 15) is 4.79 Å². The molecule has 1 aromatic rings. The second kappa shape index (κ2) is 5.39. The van der Waals surface area contributed by atoms with E-state index in [0.717, 1.165) is 37.2 Å². The third-order valence-corrected chi connectivity index (χ3v) is 3.53. The normalized spacial score (nSPS) is 15.4. The van der Waals surface area contributed by atoms with Gasteiger partial charge in [0.25, 0.3) is 5.91 Å². The van der Waals surface area contributed by atoms with Crippen molar-refractivity contribution in [3.8, 4) is 0 Å². The van der Waals surface area contributed by atoms with Crippen LogP contribution in [0, 0.1) is 0 Å². The molecule has 1 aliphatic rings. The maximum Gasteiger partial charge on any atom is 0.253 e. The van der Waals surface area contributed by atoms with Gasteiger partial charge in [-0.25, -0.2) is 0 Å². The maximum absolute atomic E-state index is 12.0. The largest absolute Gasteiger partial charge is 0.339 e. The van der Waals surface area contributed by atoms with Crippen LogP contribution in [0.15, 0.2) is 24.3 Å². The Bertz CT molecular complexity index is 355. The Hall–Kier alpha value is -0.960. The van der Waals surface area contributed by atoms with Gasteiger partial charge in [-0.2, -0.15) is 11.8 Å². The average Bonchev–Trinajstić information content (AvgIpc) is 2.83. The van der Waals surface area contributed by atoms with Crippen LogP contribution in [0.5, 0.6) is 0 Å². The van der Waals surface area contributed by atoms with Crippen LogP contribution in [0.4, 0.5) is 0 Å². The van der Waals surface area contributed by atoms with Gasteiger partial charge in [-0.1, -0.05) is 12.1 Å². The number of rotatable bonds is 3. The molecule has 3 heteroatoms. The van der Waals surface area contributed by atoms with Crippen molar-refractivity contribution in [1.82, 2.24) is 4.90 Å². The molecule has 0 spiro atoms. The van der Waals surface area contributed by atoms with Gasteiger partial charge in [0.1, 0.15) is 0 Å². The molecule has 1 amide bonds. The van der Waals surface area contributed by atoms with Crippen LogP contribution in [0.3, 0.4) is 0 Å². The number of carbonyl (C=O) groups excluding carboxylic acids is 1. The molecule has 0 aromatic heterocycles. The Kier molecular flexibility index (Phi) is 3.88. The van der Waals surface area contributed by atoms with E-state index in [1.165, 1.54) is 5.56 Å². The first-order valence-corrected chi connectivity index (χ1v) is 7.08. The van der Waals surface area contributed by atoms with Crippen molar-refractivity contribution >= 4 is 17.7 Å². The minimum absolute atomic E-state index is 0.188. The molecule has 0 aliphatic carbocycles. The maximum atomic E-state index is 12.0. The summed E-state index contributed by atoms with van der Waals surface area (Å²) in [6.07, 6.45) is 4.38. The summed E-state index contributed by atoms with van der Waals surface area (Å²) < 4.78 is 0. The number of hydrogen-bond acceptors (Lipinski definition) is 2. The summed E-state index contributed by atoms with van der Waals surface area (Å²) in [5, 5.41) is 0. The Balaban J connectivity index is 2.05. The van der Waals surface area contributed by atoms with Crippen molar-refractivity contribution in [1.29, 1.82) is 0 Å². The molecule has 0 atom stereocenters. The van der Waals surface area contributed by atoms with E-state index in [0.29, 0.717) is 0 Å². The molecule has 1 fully saturated rings. The molecule has 2 nitrogen and oxygen atoms in total. The molecule has 1 aromatic carbocycles. The zero-order valence-electron chi connectivity index (χ0n) is 9.61. The van der Waals surface area contributed by atoms with E-state index >= 15 is 0 Å². The van der Waals surface area contributed by atoms with Gasteiger partial charge in [0.15, 0.2) is 0 Å². The molecule has 1 saturated heterocycles. The summed E-state index contributed by atoms with van der Waals surface area (Å²) in [7, 11) is 0. The quantitative estimate of drug-likeness (QED) is 0.803. The lowest BCUT2D eigenvalue weighted by Crippen LogP contribution is -2.27. The summed E-state index contributed by atoms with van der Waals surface area (Å²) in [6, 6.07) is 8.01. The fraction of sp³-hybridized carbons (Fsp3) is 0.462. The molecule has 16 heavy (non-hydrogen) atoms. The van der Waals surface area contributed by atoms with E-state index in [1.807, 2.05) is 17.0 Å². The highest BCUT2D eigenvalue weighted by molar-refractivity contribution is 7.97. The van der Waals surface area contributed by atoms with Crippen molar-refractivity contribution in [3.63, 3.8) is 0 Å². The molecule has 2 rings (SSSR count). The number of nitrogens with zero attached hydrogens (tertiary/aromatic N) is 1. The van der Waals surface area contributed by atoms with Gasteiger partial charge in [-0.05, 0) is 36.8 Å². The highest BCUT2D eigenvalue weighted by atomic mass is 32.2. The second-order valence-corrected chi connectivity index (χ2v) is 5.00. The van der Waals surface area contributed by atoms with E-state index in [4.69, 9.17) is 0 Å². The average molecular weight is 235 g/mol. The minimum Gasteiger partial charge on any atom is -0.339 e. The second-order valence-electron chi connectivity index (χ2n) is 4.13.